The summed E-state index contributed by atoms with van der Waals surface area (Å²) in [5.41, 5.74) is 6.64. The molecule has 2 nitrogen and oxygen atoms in total. The molecule has 0 bridgehead atoms. The maximum absolute atomic E-state index is 6.12. The van der Waals surface area contributed by atoms with E-state index in [-0.39, 0.29) is 5.54 Å². The highest BCUT2D eigenvalue weighted by Crippen LogP contribution is 2.33. The molecule has 0 unspecified atom stereocenters. The second-order valence-corrected chi connectivity index (χ2v) is 5.67. The Hall–Kier alpha value is -0.900. The van der Waals surface area contributed by atoms with Crippen molar-refractivity contribution in [3.63, 3.8) is 0 Å². The molecule has 1 aromatic heterocycles. The summed E-state index contributed by atoms with van der Waals surface area (Å²) in [5.74, 6) is 0. The number of aromatic nitrogens is 1. The largest absolute Gasteiger partial charge is 0.321 e. The molecular weight excluding hydrogens is 240 g/mol. The summed E-state index contributed by atoms with van der Waals surface area (Å²) in [6.07, 6.45) is 1.82. The topological polar surface area (TPSA) is 38.9 Å². The van der Waals surface area contributed by atoms with Crippen LogP contribution in [0, 0.1) is 0 Å². The van der Waals surface area contributed by atoms with Gasteiger partial charge in [-0.05, 0) is 19.9 Å². The number of hydrogen-bond donors (Lipinski definition) is 1. The molecule has 0 amide bonds. The lowest BCUT2D eigenvalue weighted by Crippen LogP contribution is -2.27. The van der Waals surface area contributed by atoms with Gasteiger partial charge in [-0.2, -0.15) is 0 Å². The first-order valence-corrected chi connectivity index (χ1v) is 6.18. The van der Waals surface area contributed by atoms with Gasteiger partial charge in [-0.1, -0.05) is 29.8 Å². The van der Waals surface area contributed by atoms with Crippen LogP contribution in [0.4, 0.5) is 0 Å². The minimum Gasteiger partial charge on any atom is -0.321 e. The molecule has 0 aliphatic heterocycles. The monoisotopic (exact) mass is 252 g/mol. The van der Waals surface area contributed by atoms with Crippen molar-refractivity contribution in [3.05, 3.63) is 40.4 Å². The number of hydrogen-bond acceptors (Lipinski definition) is 3. The fourth-order valence-electron chi connectivity index (χ4n) is 1.33. The molecule has 0 atom stereocenters. The minimum atomic E-state index is -0.350. The first-order chi connectivity index (χ1) is 7.48. The van der Waals surface area contributed by atoms with E-state index in [0.717, 1.165) is 20.5 Å². The van der Waals surface area contributed by atoms with Gasteiger partial charge in [0, 0.05) is 22.2 Å². The molecule has 2 rings (SSSR count). The van der Waals surface area contributed by atoms with Gasteiger partial charge in [0.15, 0.2) is 0 Å². The second kappa shape index (κ2) is 4.17. The van der Waals surface area contributed by atoms with Crippen LogP contribution in [0.25, 0.3) is 10.6 Å². The highest BCUT2D eigenvalue weighted by atomic mass is 35.5. The predicted octanol–water partition coefficient (Wildman–Crippen LogP) is 3.66. The Kier molecular flexibility index (Phi) is 3.02. The second-order valence-electron chi connectivity index (χ2n) is 4.23. The normalized spacial score (nSPS) is 11.8. The van der Waals surface area contributed by atoms with E-state index in [2.05, 4.69) is 4.98 Å². The van der Waals surface area contributed by atoms with Crippen molar-refractivity contribution in [1.82, 2.24) is 4.98 Å². The zero-order chi connectivity index (χ0) is 11.8. The molecule has 1 heterocycles. The first kappa shape index (κ1) is 11.6. The minimum absolute atomic E-state index is 0.350. The lowest BCUT2D eigenvalue weighted by Gasteiger charge is -2.14. The molecule has 2 N–H and O–H groups in total. The summed E-state index contributed by atoms with van der Waals surface area (Å²) < 4.78 is 0. The molecule has 0 aliphatic rings. The van der Waals surface area contributed by atoms with Crippen molar-refractivity contribution in [2.75, 3.05) is 0 Å². The summed E-state index contributed by atoms with van der Waals surface area (Å²) in [5, 5.41) is 1.64. The number of halogens is 1. The van der Waals surface area contributed by atoms with E-state index in [1.807, 2.05) is 44.3 Å². The van der Waals surface area contributed by atoms with E-state index < -0.39 is 0 Å². The number of benzene rings is 1. The maximum Gasteiger partial charge on any atom is 0.125 e. The third-order valence-corrected chi connectivity index (χ3v) is 3.94. The third-order valence-electron chi connectivity index (χ3n) is 2.25. The Morgan fingerprint density at radius 1 is 1.31 bits per heavy atom. The van der Waals surface area contributed by atoms with Crippen LogP contribution in [0.5, 0.6) is 0 Å². The lowest BCUT2D eigenvalue weighted by molar-refractivity contribution is 0.566. The molecule has 0 aliphatic carbocycles. The highest BCUT2D eigenvalue weighted by molar-refractivity contribution is 7.15. The van der Waals surface area contributed by atoms with Crippen LogP contribution in [0.3, 0.4) is 0 Å². The fourth-order valence-corrected chi connectivity index (χ4v) is 2.58. The Morgan fingerprint density at radius 3 is 2.56 bits per heavy atom. The molecule has 0 spiro atoms. The number of nitrogens with zero attached hydrogens (tertiary/aromatic N) is 1. The van der Waals surface area contributed by atoms with E-state index in [9.17, 15) is 0 Å². The van der Waals surface area contributed by atoms with Gasteiger partial charge in [0.2, 0.25) is 0 Å². The SMILES string of the molecule is CC(C)(N)c1cnc(-c2ccccc2Cl)s1. The highest BCUT2D eigenvalue weighted by Gasteiger charge is 2.18. The summed E-state index contributed by atoms with van der Waals surface area (Å²) in [4.78, 5) is 5.43. The molecule has 0 saturated heterocycles. The molecule has 0 saturated carbocycles. The number of rotatable bonds is 2. The zero-order valence-electron chi connectivity index (χ0n) is 9.20. The van der Waals surface area contributed by atoms with Crippen LogP contribution in [-0.4, -0.2) is 4.98 Å². The molecule has 4 heteroatoms. The molecule has 0 fully saturated rings. The molecule has 84 valence electrons. The smallest absolute Gasteiger partial charge is 0.125 e. The van der Waals surface area contributed by atoms with Crippen LogP contribution in [0.1, 0.15) is 18.7 Å². The van der Waals surface area contributed by atoms with E-state index in [4.69, 9.17) is 17.3 Å². The molecule has 16 heavy (non-hydrogen) atoms. The van der Waals surface area contributed by atoms with Gasteiger partial charge in [-0.25, -0.2) is 4.98 Å². The first-order valence-electron chi connectivity index (χ1n) is 4.98. The van der Waals surface area contributed by atoms with Crippen molar-refractivity contribution in [2.45, 2.75) is 19.4 Å². The zero-order valence-corrected chi connectivity index (χ0v) is 10.8. The van der Waals surface area contributed by atoms with Crippen molar-refractivity contribution >= 4 is 22.9 Å². The average Bonchev–Trinajstić information content (AvgIpc) is 2.66. The van der Waals surface area contributed by atoms with E-state index in [1.54, 1.807) is 11.3 Å². The van der Waals surface area contributed by atoms with Crippen molar-refractivity contribution < 1.29 is 0 Å². The number of thiazole rings is 1. The number of nitrogens with two attached hydrogens (primary N) is 1. The molecule has 1 aromatic carbocycles. The van der Waals surface area contributed by atoms with Crippen LogP contribution in [-0.2, 0) is 5.54 Å². The van der Waals surface area contributed by atoms with Crippen molar-refractivity contribution in [2.24, 2.45) is 5.73 Å². The van der Waals surface area contributed by atoms with Gasteiger partial charge >= 0.3 is 0 Å². The van der Waals surface area contributed by atoms with Crippen LogP contribution in [0.15, 0.2) is 30.5 Å². The Morgan fingerprint density at radius 2 is 2.00 bits per heavy atom. The average molecular weight is 253 g/mol. The van der Waals surface area contributed by atoms with Crippen LogP contribution in [0.2, 0.25) is 5.02 Å². The standard InChI is InChI=1S/C12H13ClN2S/c1-12(2,14)10-7-15-11(16-10)8-5-3-4-6-9(8)13/h3-7H,14H2,1-2H3. The van der Waals surface area contributed by atoms with Crippen molar-refractivity contribution in [1.29, 1.82) is 0 Å². The summed E-state index contributed by atoms with van der Waals surface area (Å²) in [6, 6.07) is 7.70. The Balaban J connectivity index is 2.44. The Bertz CT molecular complexity index is 500. The molecule has 0 radical (unpaired) electrons. The van der Waals surface area contributed by atoms with Crippen LogP contribution >= 0.6 is 22.9 Å². The molecular formula is C12H13ClN2S. The van der Waals surface area contributed by atoms with Gasteiger partial charge in [0.05, 0.1) is 5.02 Å². The Labute approximate surface area is 104 Å². The third kappa shape index (κ3) is 2.26. The van der Waals surface area contributed by atoms with E-state index in [1.165, 1.54) is 0 Å². The lowest BCUT2D eigenvalue weighted by atomic mass is 10.1. The quantitative estimate of drug-likeness (QED) is 0.886. The summed E-state index contributed by atoms with van der Waals surface area (Å²) in [7, 11) is 0. The van der Waals surface area contributed by atoms with Gasteiger partial charge in [0.25, 0.3) is 0 Å². The van der Waals surface area contributed by atoms with Gasteiger partial charge in [0.1, 0.15) is 5.01 Å². The van der Waals surface area contributed by atoms with Gasteiger partial charge in [-0.15, -0.1) is 11.3 Å². The van der Waals surface area contributed by atoms with E-state index in [0.29, 0.717) is 0 Å². The fraction of sp³-hybridized carbons (Fsp3) is 0.250. The predicted molar refractivity (Wildman–Crippen MR) is 69.8 cm³/mol. The maximum atomic E-state index is 6.12. The summed E-state index contributed by atoms with van der Waals surface area (Å²) >= 11 is 7.70. The van der Waals surface area contributed by atoms with Gasteiger partial charge in [-0.3, -0.25) is 0 Å². The van der Waals surface area contributed by atoms with Crippen LogP contribution < -0.4 is 5.73 Å². The van der Waals surface area contributed by atoms with Crippen molar-refractivity contribution in [3.8, 4) is 10.6 Å². The summed E-state index contributed by atoms with van der Waals surface area (Å²) in [6.45, 7) is 3.94. The van der Waals surface area contributed by atoms with E-state index >= 15 is 0 Å². The van der Waals surface area contributed by atoms with Gasteiger partial charge < -0.3 is 5.73 Å². The molecule has 2 aromatic rings.